The molecule has 154 valence electrons. The van der Waals surface area contributed by atoms with Gasteiger partial charge in [0.2, 0.25) is 11.8 Å². The Morgan fingerprint density at radius 1 is 1.07 bits per heavy atom. The highest BCUT2D eigenvalue weighted by molar-refractivity contribution is 8.00. The molecule has 29 heavy (non-hydrogen) atoms. The van der Waals surface area contributed by atoms with Crippen LogP contribution in [0.15, 0.2) is 53.4 Å². The summed E-state index contributed by atoms with van der Waals surface area (Å²) >= 11 is 1.35. The monoisotopic (exact) mass is 412 g/mol. The van der Waals surface area contributed by atoms with E-state index in [2.05, 4.69) is 27.7 Å². The lowest BCUT2D eigenvalue weighted by Crippen LogP contribution is -2.32. The van der Waals surface area contributed by atoms with Crippen LogP contribution in [0, 0.1) is 0 Å². The first kappa shape index (κ1) is 21.0. The van der Waals surface area contributed by atoms with Gasteiger partial charge in [-0.25, -0.2) is 0 Å². The zero-order valence-electron chi connectivity index (χ0n) is 16.7. The van der Waals surface area contributed by atoms with Crippen molar-refractivity contribution in [3.05, 3.63) is 48.5 Å². The molecule has 3 rings (SSSR count). The van der Waals surface area contributed by atoms with Gasteiger partial charge < -0.3 is 21.3 Å². The summed E-state index contributed by atoms with van der Waals surface area (Å²) in [5, 5.41) is 6.18. The quantitative estimate of drug-likeness (QED) is 0.576. The first-order valence-corrected chi connectivity index (χ1v) is 10.9. The third-order valence-corrected chi connectivity index (χ3v) is 5.97. The number of carbonyl (C=O) groups excluding carboxylic acids is 2. The molecule has 4 N–H and O–H groups in total. The highest BCUT2D eigenvalue weighted by Gasteiger charge is 2.16. The van der Waals surface area contributed by atoms with E-state index in [0.29, 0.717) is 0 Å². The molecule has 1 aliphatic heterocycles. The van der Waals surface area contributed by atoms with Crippen molar-refractivity contribution in [1.82, 2.24) is 0 Å². The maximum absolute atomic E-state index is 12.6. The van der Waals surface area contributed by atoms with Crippen molar-refractivity contribution in [2.24, 2.45) is 5.73 Å². The van der Waals surface area contributed by atoms with E-state index in [1.165, 1.54) is 36.7 Å². The molecule has 2 aromatic carbocycles. The molecular formula is C22H28N4O2S. The van der Waals surface area contributed by atoms with Gasteiger partial charge in [0, 0.05) is 35.0 Å². The number of nitrogens with two attached hydrogens (primary N) is 1. The number of anilines is 3. The van der Waals surface area contributed by atoms with Gasteiger partial charge in [-0.2, -0.15) is 0 Å². The van der Waals surface area contributed by atoms with E-state index >= 15 is 0 Å². The molecule has 1 heterocycles. The van der Waals surface area contributed by atoms with E-state index in [1.807, 2.05) is 43.3 Å². The van der Waals surface area contributed by atoms with Crippen LogP contribution in [0.25, 0.3) is 0 Å². The number of nitrogens with zero attached hydrogens (tertiary/aromatic N) is 1. The predicted molar refractivity (Wildman–Crippen MR) is 121 cm³/mol. The smallest absolute Gasteiger partial charge is 0.246 e. The molecule has 0 spiro atoms. The van der Waals surface area contributed by atoms with Crippen molar-refractivity contribution < 1.29 is 9.59 Å². The van der Waals surface area contributed by atoms with Crippen molar-refractivity contribution in [2.75, 3.05) is 34.4 Å². The third kappa shape index (κ3) is 6.15. The van der Waals surface area contributed by atoms with Crippen molar-refractivity contribution in [2.45, 2.75) is 37.1 Å². The molecule has 0 bridgehead atoms. The summed E-state index contributed by atoms with van der Waals surface area (Å²) < 4.78 is 0. The number of carbonyl (C=O) groups is 2. The van der Waals surface area contributed by atoms with Gasteiger partial charge in [-0.3, -0.25) is 9.59 Å². The van der Waals surface area contributed by atoms with Crippen LogP contribution >= 0.6 is 11.8 Å². The van der Waals surface area contributed by atoms with E-state index in [0.717, 1.165) is 29.4 Å². The second kappa shape index (κ2) is 10.2. The van der Waals surface area contributed by atoms with E-state index in [4.69, 9.17) is 5.73 Å². The minimum Gasteiger partial charge on any atom is -0.373 e. The number of benzene rings is 2. The Labute approximate surface area is 176 Å². The van der Waals surface area contributed by atoms with Crippen LogP contribution in [0.4, 0.5) is 17.1 Å². The average Bonchev–Trinajstić information content (AvgIpc) is 2.74. The maximum Gasteiger partial charge on any atom is 0.246 e. The van der Waals surface area contributed by atoms with Gasteiger partial charge in [0.15, 0.2) is 0 Å². The van der Waals surface area contributed by atoms with E-state index < -0.39 is 6.04 Å². The molecule has 0 unspecified atom stereocenters. The fourth-order valence-electron chi connectivity index (χ4n) is 3.32. The summed E-state index contributed by atoms with van der Waals surface area (Å²) in [6.45, 7) is 4.01. The number of hydrogen-bond donors (Lipinski definition) is 3. The van der Waals surface area contributed by atoms with Gasteiger partial charge in [0.05, 0.1) is 5.75 Å². The normalized spacial score (nSPS) is 14.9. The van der Waals surface area contributed by atoms with Crippen molar-refractivity contribution in [3.63, 3.8) is 0 Å². The molecule has 7 heteroatoms. The summed E-state index contributed by atoms with van der Waals surface area (Å²) in [7, 11) is 0. The molecule has 0 radical (unpaired) electrons. The number of hydrogen-bond acceptors (Lipinski definition) is 5. The molecule has 1 aliphatic rings. The Hall–Kier alpha value is -2.67. The van der Waals surface area contributed by atoms with E-state index in [9.17, 15) is 9.59 Å². The van der Waals surface area contributed by atoms with Gasteiger partial charge in [0.25, 0.3) is 0 Å². The van der Waals surface area contributed by atoms with Gasteiger partial charge in [-0.05, 0) is 62.6 Å². The topological polar surface area (TPSA) is 87.5 Å². The van der Waals surface area contributed by atoms with Crippen molar-refractivity contribution >= 4 is 40.6 Å². The zero-order valence-corrected chi connectivity index (χ0v) is 17.5. The minimum absolute atomic E-state index is 0.120. The number of primary amides is 1. The Morgan fingerprint density at radius 3 is 2.45 bits per heavy atom. The van der Waals surface area contributed by atoms with Crippen LogP contribution in [0.3, 0.4) is 0 Å². The maximum atomic E-state index is 12.6. The Morgan fingerprint density at radius 2 is 1.76 bits per heavy atom. The van der Waals surface area contributed by atoms with E-state index in [1.54, 1.807) is 0 Å². The van der Waals surface area contributed by atoms with Crippen molar-refractivity contribution in [3.8, 4) is 0 Å². The van der Waals surface area contributed by atoms with Gasteiger partial charge in [0.1, 0.15) is 6.04 Å². The molecule has 2 aromatic rings. The molecule has 6 nitrogen and oxygen atoms in total. The standard InChI is InChI=1S/C22H28N4O2S/c1-16(24-19-7-3-4-8-20(19)29-15-21(23)27)22(28)25-17-9-11-18(12-10-17)26-13-5-2-6-14-26/h3-4,7-12,16,24H,2,5-6,13-15H2,1H3,(H2,23,27)(H,25,28)/t16-/m1/s1. The lowest BCUT2D eigenvalue weighted by atomic mass is 10.1. The molecule has 1 fully saturated rings. The molecule has 0 saturated carbocycles. The molecule has 0 aliphatic carbocycles. The highest BCUT2D eigenvalue weighted by Crippen LogP contribution is 2.27. The van der Waals surface area contributed by atoms with Crippen LogP contribution in [0.1, 0.15) is 26.2 Å². The van der Waals surface area contributed by atoms with Gasteiger partial charge in [-0.15, -0.1) is 11.8 Å². The zero-order chi connectivity index (χ0) is 20.6. The Kier molecular flexibility index (Phi) is 7.41. The lowest BCUT2D eigenvalue weighted by molar-refractivity contribution is -0.117. The number of para-hydroxylation sites is 1. The fourth-order valence-corrected chi connectivity index (χ4v) is 4.07. The van der Waals surface area contributed by atoms with Crippen LogP contribution in [0.2, 0.25) is 0 Å². The van der Waals surface area contributed by atoms with E-state index in [-0.39, 0.29) is 17.6 Å². The lowest BCUT2D eigenvalue weighted by Gasteiger charge is -2.28. The van der Waals surface area contributed by atoms with Crippen LogP contribution in [-0.4, -0.2) is 36.7 Å². The minimum atomic E-state index is -0.438. The fraction of sp³-hybridized carbons (Fsp3) is 0.364. The summed E-state index contributed by atoms with van der Waals surface area (Å²) in [6.07, 6.45) is 3.78. The largest absolute Gasteiger partial charge is 0.373 e. The predicted octanol–water partition coefficient (Wildman–Crippen LogP) is 3.69. The molecule has 1 atom stereocenters. The summed E-state index contributed by atoms with van der Waals surface area (Å²) in [6, 6.07) is 15.2. The number of nitrogens with one attached hydrogen (secondary N) is 2. The SMILES string of the molecule is C[C@@H](Nc1ccccc1SCC(N)=O)C(=O)Nc1ccc(N2CCCCC2)cc1. The van der Waals surface area contributed by atoms with Crippen LogP contribution in [0.5, 0.6) is 0 Å². The second-order valence-electron chi connectivity index (χ2n) is 7.20. The number of rotatable bonds is 8. The summed E-state index contributed by atoms with van der Waals surface area (Å²) in [5.74, 6) is -0.295. The van der Waals surface area contributed by atoms with Crippen molar-refractivity contribution in [1.29, 1.82) is 0 Å². The first-order valence-electron chi connectivity index (χ1n) is 9.95. The molecule has 1 saturated heterocycles. The van der Waals surface area contributed by atoms with Crippen LogP contribution in [-0.2, 0) is 9.59 Å². The number of piperidine rings is 1. The first-order chi connectivity index (χ1) is 14.0. The molecular weight excluding hydrogens is 384 g/mol. The summed E-state index contributed by atoms with van der Waals surface area (Å²) in [5.41, 5.74) is 8.03. The second-order valence-corrected chi connectivity index (χ2v) is 8.22. The molecule has 0 aromatic heterocycles. The highest BCUT2D eigenvalue weighted by atomic mass is 32.2. The average molecular weight is 413 g/mol. The number of thioether (sulfide) groups is 1. The number of amides is 2. The summed E-state index contributed by atoms with van der Waals surface area (Å²) in [4.78, 5) is 26.9. The Bertz CT molecular complexity index is 835. The van der Waals surface area contributed by atoms with Gasteiger partial charge >= 0.3 is 0 Å². The third-order valence-electron chi connectivity index (χ3n) is 4.88. The van der Waals surface area contributed by atoms with Crippen LogP contribution < -0.4 is 21.3 Å². The Balaban J connectivity index is 1.57. The van der Waals surface area contributed by atoms with Gasteiger partial charge in [-0.1, -0.05) is 12.1 Å². The molecule has 2 amide bonds.